The minimum absolute atomic E-state index is 0.0563. The van der Waals surface area contributed by atoms with Crippen molar-refractivity contribution >= 4 is 28.4 Å². The van der Waals surface area contributed by atoms with Gasteiger partial charge in [0.2, 0.25) is 0 Å². The highest BCUT2D eigenvalue weighted by Crippen LogP contribution is 2.34. The van der Waals surface area contributed by atoms with Crippen LogP contribution < -0.4 is 5.32 Å². The van der Waals surface area contributed by atoms with E-state index in [0.29, 0.717) is 17.1 Å². The summed E-state index contributed by atoms with van der Waals surface area (Å²) in [7, 11) is 0. The minimum atomic E-state index is -0.0862. The Balaban J connectivity index is 1.67. The standard InChI is InChI=1S/C24H21ClN2O/c1-16-10-12-17(13-11-16)24(28)27-15-20(18-6-2-4-8-22(18)25)21-14-26-23-9-5-3-7-19(21)23/h2-14,20,26H,15H2,1H3,(H,27,28). The van der Waals surface area contributed by atoms with E-state index in [1.54, 1.807) is 0 Å². The number of halogens is 1. The molecule has 0 saturated carbocycles. The van der Waals surface area contributed by atoms with Gasteiger partial charge in [-0.2, -0.15) is 0 Å². The molecule has 0 bridgehead atoms. The smallest absolute Gasteiger partial charge is 0.251 e. The molecule has 0 spiro atoms. The van der Waals surface area contributed by atoms with Crippen LogP contribution in [-0.2, 0) is 0 Å². The zero-order valence-corrected chi connectivity index (χ0v) is 16.3. The zero-order chi connectivity index (χ0) is 19.5. The van der Waals surface area contributed by atoms with Gasteiger partial charge in [-0.15, -0.1) is 0 Å². The highest BCUT2D eigenvalue weighted by Gasteiger charge is 2.21. The van der Waals surface area contributed by atoms with Crippen molar-refractivity contribution in [3.63, 3.8) is 0 Å². The second-order valence-corrected chi connectivity index (χ2v) is 7.35. The number of nitrogens with one attached hydrogen (secondary N) is 2. The maximum absolute atomic E-state index is 12.7. The van der Waals surface area contributed by atoms with Crippen LogP contribution in [0.4, 0.5) is 0 Å². The SMILES string of the molecule is Cc1ccc(C(=O)NCC(c2ccccc2Cl)c2c[nH]c3ccccc23)cc1. The Morgan fingerprint density at radius 2 is 1.68 bits per heavy atom. The predicted octanol–water partition coefficient (Wildman–Crippen LogP) is 5.69. The first-order valence-corrected chi connectivity index (χ1v) is 9.66. The number of amides is 1. The first kappa shape index (κ1) is 18.3. The number of aryl methyl sites for hydroxylation is 1. The van der Waals surface area contributed by atoms with Gasteiger partial charge in [0, 0.05) is 40.1 Å². The van der Waals surface area contributed by atoms with Gasteiger partial charge >= 0.3 is 0 Å². The average Bonchev–Trinajstić information content (AvgIpc) is 3.14. The van der Waals surface area contributed by atoms with Crippen LogP contribution in [0.2, 0.25) is 5.02 Å². The molecule has 1 atom stereocenters. The Morgan fingerprint density at radius 1 is 0.964 bits per heavy atom. The van der Waals surface area contributed by atoms with Crippen molar-refractivity contribution in [1.82, 2.24) is 10.3 Å². The molecule has 3 nitrogen and oxygen atoms in total. The van der Waals surface area contributed by atoms with E-state index in [1.807, 2.05) is 79.9 Å². The summed E-state index contributed by atoms with van der Waals surface area (Å²) in [5.41, 5.74) is 4.97. The molecule has 0 radical (unpaired) electrons. The average molecular weight is 389 g/mol. The van der Waals surface area contributed by atoms with E-state index in [-0.39, 0.29) is 11.8 Å². The van der Waals surface area contributed by atoms with Crippen molar-refractivity contribution in [1.29, 1.82) is 0 Å². The number of hydrogen-bond acceptors (Lipinski definition) is 1. The number of benzene rings is 3. The molecule has 1 unspecified atom stereocenters. The van der Waals surface area contributed by atoms with Crippen LogP contribution in [0.25, 0.3) is 10.9 Å². The van der Waals surface area contributed by atoms with Crippen LogP contribution in [0.15, 0.2) is 79.0 Å². The maximum Gasteiger partial charge on any atom is 0.251 e. The van der Waals surface area contributed by atoms with Crippen LogP contribution in [0.5, 0.6) is 0 Å². The number of aromatic amines is 1. The molecule has 0 aliphatic rings. The number of carbonyl (C=O) groups excluding carboxylic acids is 1. The van der Waals surface area contributed by atoms with Crippen molar-refractivity contribution in [3.05, 3.63) is 106 Å². The van der Waals surface area contributed by atoms with Crippen molar-refractivity contribution in [2.24, 2.45) is 0 Å². The number of para-hydroxylation sites is 1. The lowest BCUT2D eigenvalue weighted by Crippen LogP contribution is -2.29. The monoisotopic (exact) mass is 388 g/mol. The second-order valence-electron chi connectivity index (χ2n) is 6.94. The zero-order valence-electron chi connectivity index (χ0n) is 15.6. The molecule has 1 heterocycles. The van der Waals surface area contributed by atoms with Gasteiger partial charge in [0.05, 0.1) is 0 Å². The lowest BCUT2D eigenvalue weighted by atomic mass is 9.90. The van der Waals surface area contributed by atoms with Gasteiger partial charge in [-0.25, -0.2) is 0 Å². The lowest BCUT2D eigenvalue weighted by Gasteiger charge is -2.19. The summed E-state index contributed by atoms with van der Waals surface area (Å²) in [4.78, 5) is 16.0. The van der Waals surface area contributed by atoms with Crippen molar-refractivity contribution in [2.75, 3.05) is 6.54 Å². The third-order valence-electron chi connectivity index (χ3n) is 5.06. The van der Waals surface area contributed by atoms with Gasteiger partial charge in [-0.1, -0.05) is 65.7 Å². The molecule has 0 saturated heterocycles. The number of rotatable bonds is 5. The van der Waals surface area contributed by atoms with Crippen molar-refractivity contribution in [3.8, 4) is 0 Å². The van der Waals surface area contributed by atoms with E-state index >= 15 is 0 Å². The molecule has 0 fully saturated rings. The number of aromatic nitrogens is 1. The fourth-order valence-corrected chi connectivity index (χ4v) is 3.80. The summed E-state index contributed by atoms with van der Waals surface area (Å²) in [5.74, 6) is -0.142. The molecule has 4 heteroatoms. The molecule has 3 aromatic carbocycles. The van der Waals surface area contributed by atoms with Crippen molar-refractivity contribution < 1.29 is 4.79 Å². The summed E-state index contributed by atoms with van der Waals surface area (Å²) in [6, 6.07) is 23.6. The second kappa shape index (κ2) is 7.91. The first-order chi connectivity index (χ1) is 13.6. The van der Waals surface area contributed by atoms with E-state index in [1.165, 1.54) is 0 Å². The molecule has 1 aromatic heterocycles. The maximum atomic E-state index is 12.7. The largest absolute Gasteiger partial charge is 0.361 e. The highest BCUT2D eigenvalue weighted by atomic mass is 35.5. The van der Waals surface area contributed by atoms with Crippen LogP contribution in [0.1, 0.15) is 33.0 Å². The quantitative estimate of drug-likeness (QED) is 0.453. The summed E-state index contributed by atoms with van der Waals surface area (Å²) in [6.45, 7) is 2.46. The number of H-pyrrole nitrogens is 1. The molecular weight excluding hydrogens is 368 g/mol. The van der Waals surface area contributed by atoms with Crippen molar-refractivity contribution in [2.45, 2.75) is 12.8 Å². The molecule has 0 aliphatic heterocycles. The first-order valence-electron chi connectivity index (χ1n) is 9.29. The Morgan fingerprint density at radius 3 is 2.46 bits per heavy atom. The summed E-state index contributed by atoms with van der Waals surface area (Å²) < 4.78 is 0. The Labute approximate surface area is 169 Å². The number of fused-ring (bicyclic) bond motifs is 1. The summed E-state index contributed by atoms with van der Waals surface area (Å²) in [6.07, 6.45) is 2.01. The van der Waals surface area contributed by atoms with Crippen LogP contribution in [-0.4, -0.2) is 17.4 Å². The Kier molecular flexibility index (Phi) is 5.18. The van der Waals surface area contributed by atoms with E-state index in [2.05, 4.69) is 16.4 Å². The predicted molar refractivity (Wildman–Crippen MR) is 115 cm³/mol. The van der Waals surface area contributed by atoms with Gasteiger partial charge < -0.3 is 10.3 Å². The molecule has 0 aliphatic carbocycles. The molecule has 2 N–H and O–H groups in total. The van der Waals surface area contributed by atoms with E-state index < -0.39 is 0 Å². The fraction of sp³-hybridized carbons (Fsp3) is 0.125. The molecular formula is C24H21ClN2O. The molecule has 140 valence electrons. The summed E-state index contributed by atoms with van der Waals surface area (Å²) >= 11 is 6.51. The van der Waals surface area contributed by atoms with Gasteiger partial charge in [-0.3, -0.25) is 4.79 Å². The van der Waals surface area contributed by atoms with Gasteiger partial charge in [0.25, 0.3) is 5.91 Å². The van der Waals surface area contributed by atoms with Crippen LogP contribution in [0, 0.1) is 6.92 Å². The molecule has 28 heavy (non-hydrogen) atoms. The Bertz CT molecular complexity index is 1110. The minimum Gasteiger partial charge on any atom is -0.361 e. The van der Waals surface area contributed by atoms with E-state index in [4.69, 9.17) is 11.6 Å². The van der Waals surface area contributed by atoms with E-state index in [0.717, 1.165) is 27.6 Å². The topological polar surface area (TPSA) is 44.9 Å². The number of carbonyl (C=O) groups is 1. The van der Waals surface area contributed by atoms with Gasteiger partial charge in [-0.05, 0) is 42.3 Å². The highest BCUT2D eigenvalue weighted by molar-refractivity contribution is 6.31. The van der Waals surface area contributed by atoms with Crippen LogP contribution in [0.3, 0.4) is 0 Å². The van der Waals surface area contributed by atoms with E-state index in [9.17, 15) is 4.79 Å². The normalized spacial score (nSPS) is 12.1. The van der Waals surface area contributed by atoms with Crippen LogP contribution >= 0.6 is 11.6 Å². The third-order valence-corrected chi connectivity index (χ3v) is 5.40. The van der Waals surface area contributed by atoms with Gasteiger partial charge in [0.1, 0.15) is 0 Å². The lowest BCUT2D eigenvalue weighted by molar-refractivity contribution is 0.0952. The molecule has 4 rings (SSSR count). The Hall–Kier alpha value is -3.04. The summed E-state index contributed by atoms with van der Waals surface area (Å²) in [5, 5.41) is 4.92. The molecule has 1 amide bonds. The van der Waals surface area contributed by atoms with Gasteiger partial charge in [0.15, 0.2) is 0 Å². The number of hydrogen-bond donors (Lipinski definition) is 2. The third kappa shape index (κ3) is 3.67. The molecule has 4 aromatic rings. The fourth-order valence-electron chi connectivity index (χ4n) is 3.53.